The molecule has 0 radical (unpaired) electrons. The molecule has 2 N–H and O–H groups in total. The number of carbonyl (C=O) groups is 1. The summed E-state index contributed by atoms with van der Waals surface area (Å²) >= 11 is 0. The fraction of sp³-hybridized carbons (Fsp3) is 0.562. The number of rotatable bonds is 6. The summed E-state index contributed by atoms with van der Waals surface area (Å²) in [6, 6.07) is 8.38. The Hall–Kier alpha value is -1.51. The SMILES string of the molecule is CC(C)NC(=O)c1cccc(NC(C)CC2CC2)c1. The minimum absolute atomic E-state index is 0.00602. The predicted octanol–water partition coefficient (Wildman–Crippen LogP) is 3.43. The molecule has 0 heterocycles. The maximum Gasteiger partial charge on any atom is 0.251 e. The molecule has 1 fully saturated rings. The van der Waals surface area contributed by atoms with Crippen molar-refractivity contribution in [3.8, 4) is 0 Å². The van der Waals surface area contributed by atoms with E-state index < -0.39 is 0 Å². The van der Waals surface area contributed by atoms with Crippen molar-refractivity contribution in [1.29, 1.82) is 0 Å². The minimum Gasteiger partial charge on any atom is -0.383 e. The monoisotopic (exact) mass is 260 g/mol. The molecule has 3 nitrogen and oxygen atoms in total. The highest BCUT2D eigenvalue weighted by atomic mass is 16.1. The van der Waals surface area contributed by atoms with Crippen molar-refractivity contribution in [2.75, 3.05) is 5.32 Å². The molecule has 1 aliphatic rings. The largest absolute Gasteiger partial charge is 0.383 e. The third-order valence-corrected chi connectivity index (χ3v) is 3.34. The number of hydrogen-bond donors (Lipinski definition) is 2. The van der Waals surface area contributed by atoms with Crippen molar-refractivity contribution < 1.29 is 4.79 Å². The Kier molecular flexibility index (Phi) is 4.46. The molecule has 1 amide bonds. The van der Waals surface area contributed by atoms with Gasteiger partial charge in [-0.05, 0) is 51.3 Å². The van der Waals surface area contributed by atoms with E-state index in [0.29, 0.717) is 6.04 Å². The Balaban J connectivity index is 1.95. The van der Waals surface area contributed by atoms with Crippen molar-refractivity contribution >= 4 is 11.6 Å². The predicted molar refractivity (Wildman–Crippen MR) is 79.5 cm³/mol. The molecule has 1 atom stereocenters. The van der Waals surface area contributed by atoms with Crippen molar-refractivity contribution in [1.82, 2.24) is 5.32 Å². The first-order chi connectivity index (χ1) is 9.04. The molecule has 2 rings (SSSR count). The van der Waals surface area contributed by atoms with Gasteiger partial charge in [0.2, 0.25) is 0 Å². The van der Waals surface area contributed by atoms with Gasteiger partial charge in [-0.3, -0.25) is 4.79 Å². The Morgan fingerprint density at radius 1 is 1.32 bits per heavy atom. The maximum absolute atomic E-state index is 11.9. The van der Waals surface area contributed by atoms with E-state index in [1.807, 2.05) is 38.1 Å². The zero-order chi connectivity index (χ0) is 13.8. The third-order valence-electron chi connectivity index (χ3n) is 3.34. The minimum atomic E-state index is -0.00602. The molecule has 1 saturated carbocycles. The Labute approximate surface area is 115 Å². The molecule has 1 aliphatic carbocycles. The second-order valence-corrected chi connectivity index (χ2v) is 5.93. The highest BCUT2D eigenvalue weighted by Crippen LogP contribution is 2.34. The van der Waals surface area contributed by atoms with Crippen LogP contribution in [0.1, 0.15) is 50.4 Å². The van der Waals surface area contributed by atoms with Gasteiger partial charge in [-0.1, -0.05) is 18.9 Å². The highest BCUT2D eigenvalue weighted by Gasteiger charge is 2.23. The van der Waals surface area contributed by atoms with E-state index in [0.717, 1.165) is 17.2 Å². The average Bonchev–Trinajstić information content (AvgIpc) is 3.12. The first-order valence-electron chi connectivity index (χ1n) is 7.22. The van der Waals surface area contributed by atoms with Gasteiger partial charge in [0.15, 0.2) is 0 Å². The topological polar surface area (TPSA) is 41.1 Å². The molecule has 3 heteroatoms. The van der Waals surface area contributed by atoms with Crippen molar-refractivity contribution in [3.05, 3.63) is 29.8 Å². The van der Waals surface area contributed by atoms with Gasteiger partial charge in [0.05, 0.1) is 0 Å². The lowest BCUT2D eigenvalue weighted by Crippen LogP contribution is -2.30. The fourth-order valence-corrected chi connectivity index (χ4v) is 2.29. The van der Waals surface area contributed by atoms with Crippen molar-refractivity contribution in [2.24, 2.45) is 5.92 Å². The zero-order valence-electron chi connectivity index (χ0n) is 12.1. The molecule has 0 spiro atoms. The van der Waals surface area contributed by atoms with E-state index in [2.05, 4.69) is 17.6 Å². The van der Waals surface area contributed by atoms with Crippen LogP contribution in [0, 0.1) is 5.92 Å². The summed E-state index contributed by atoms with van der Waals surface area (Å²) in [6.07, 6.45) is 3.98. The quantitative estimate of drug-likeness (QED) is 0.822. The molecular formula is C16H24N2O. The number of nitrogens with one attached hydrogen (secondary N) is 2. The molecule has 1 aromatic rings. The highest BCUT2D eigenvalue weighted by molar-refractivity contribution is 5.95. The van der Waals surface area contributed by atoms with Gasteiger partial charge in [0.1, 0.15) is 0 Å². The first-order valence-corrected chi connectivity index (χ1v) is 7.22. The van der Waals surface area contributed by atoms with Crippen LogP contribution in [0.4, 0.5) is 5.69 Å². The lowest BCUT2D eigenvalue weighted by Gasteiger charge is -2.16. The molecule has 0 bridgehead atoms. The van der Waals surface area contributed by atoms with Crippen LogP contribution in [0.2, 0.25) is 0 Å². The summed E-state index contributed by atoms with van der Waals surface area (Å²) in [5, 5.41) is 6.40. The van der Waals surface area contributed by atoms with Crippen LogP contribution in [0.3, 0.4) is 0 Å². The fourth-order valence-electron chi connectivity index (χ4n) is 2.29. The van der Waals surface area contributed by atoms with Crippen LogP contribution in [0.25, 0.3) is 0 Å². The van der Waals surface area contributed by atoms with Crippen LogP contribution in [-0.2, 0) is 0 Å². The third kappa shape index (κ3) is 4.58. The lowest BCUT2D eigenvalue weighted by atomic mass is 10.1. The molecule has 19 heavy (non-hydrogen) atoms. The maximum atomic E-state index is 11.9. The van der Waals surface area contributed by atoms with Gasteiger partial charge < -0.3 is 10.6 Å². The summed E-state index contributed by atoms with van der Waals surface area (Å²) in [7, 11) is 0. The summed E-state index contributed by atoms with van der Waals surface area (Å²) in [5.41, 5.74) is 1.75. The van der Waals surface area contributed by atoms with Gasteiger partial charge >= 0.3 is 0 Å². The summed E-state index contributed by atoms with van der Waals surface area (Å²) in [4.78, 5) is 11.9. The van der Waals surface area contributed by atoms with Gasteiger partial charge in [0, 0.05) is 23.3 Å². The molecule has 1 unspecified atom stereocenters. The number of carbonyl (C=O) groups excluding carboxylic acids is 1. The number of hydrogen-bond acceptors (Lipinski definition) is 2. The van der Waals surface area contributed by atoms with Crippen LogP contribution in [0.5, 0.6) is 0 Å². The van der Waals surface area contributed by atoms with Gasteiger partial charge in [0.25, 0.3) is 5.91 Å². The van der Waals surface area contributed by atoms with Crippen molar-refractivity contribution in [2.45, 2.75) is 52.1 Å². The van der Waals surface area contributed by atoms with Gasteiger partial charge in [-0.25, -0.2) is 0 Å². The molecule has 104 valence electrons. The molecule has 0 aromatic heterocycles. The van der Waals surface area contributed by atoms with E-state index in [1.165, 1.54) is 19.3 Å². The van der Waals surface area contributed by atoms with Crippen LogP contribution >= 0.6 is 0 Å². The second kappa shape index (κ2) is 6.09. The molecule has 0 saturated heterocycles. The lowest BCUT2D eigenvalue weighted by molar-refractivity contribution is 0.0943. The van der Waals surface area contributed by atoms with Crippen LogP contribution < -0.4 is 10.6 Å². The normalized spacial score (nSPS) is 16.2. The summed E-state index contributed by atoms with van der Waals surface area (Å²) < 4.78 is 0. The van der Waals surface area contributed by atoms with E-state index in [9.17, 15) is 4.79 Å². The van der Waals surface area contributed by atoms with Gasteiger partial charge in [-0.15, -0.1) is 0 Å². The van der Waals surface area contributed by atoms with Gasteiger partial charge in [-0.2, -0.15) is 0 Å². The first kappa shape index (κ1) is 13.9. The summed E-state index contributed by atoms with van der Waals surface area (Å²) in [6.45, 7) is 6.15. The standard InChI is InChI=1S/C16H24N2O/c1-11(2)17-16(19)14-5-4-6-15(10-14)18-12(3)9-13-7-8-13/h4-6,10-13,18H,7-9H2,1-3H3,(H,17,19). The van der Waals surface area contributed by atoms with Crippen LogP contribution in [-0.4, -0.2) is 18.0 Å². The van der Waals surface area contributed by atoms with E-state index >= 15 is 0 Å². The second-order valence-electron chi connectivity index (χ2n) is 5.93. The Morgan fingerprint density at radius 3 is 2.68 bits per heavy atom. The molecule has 1 aromatic carbocycles. The number of amides is 1. The molecule has 0 aliphatic heterocycles. The average molecular weight is 260 g/mol. The number of benzene rings is 1. The summed E-state index contributed by atoms with van der Waals surface area (Å²) in [5.74, 6) is 0.906. The Morgan fingerprint density at radius 2 is 2.05 bits per heavy atom. The smallest absolute Gasteiger partial charge is 0.251 e. The van der Waals surface area contributed by atoms with E-state index in [4.69, 9.17) is 0 Å². The van der Waals surface area contributed by atoms with E-state index in [1.54, 1.807) is 0 Å². The zero-order valence-corrected chi connectivity index (χ0v) is 12.1. The van der Waals surface area contributed by atoms with Crippen molar-refractivity contribution in [3.63, 3.8) is 0 Å². The number of anilines is 1. The molecular weight excluding hydrogens is 236 g/mol. The van der Waals surface area contributed by atoms with E-state index in [-0.39, 0.29) is 11.9 Å². The van der Waals surface area contributed by atoms with Crippen LogP contribution in [0.15, 0.2) is 24.3 Å². The Bertz CT molecular complexity index is 438.